The van der Waals surface area contributed by atoms with Gasteiger partial charge in [0.15, 0.2) is 11.6 Å². The van der Waals surface area contributed by atoms with E-state index in [9.17, 15) is 0 Å². The Morgan fingerprint density at radius 3 is 1.93 bits per heavy atom. The summed E-state index contributed by atoms with van der Waals surface area (Å²) in [6, 6.07) is 64.1. The quantitative estimate of drug-likeness (QED) is 0.175. The standard InChI is InChI=1S/C54H36N4O/c1-54(2)44-26-11-8-22-38(44)40-30-31-41-39-23-9-12-27-45(39)58(50(41)49(40)54)53-56-51(55-52(57-53)43-25-15-29-47-48(43)42-24-10-13-28-46(42)59-47)35-19-14-18-34(32-35)37-21-7-6-20-36(37)33-16-4-3-5-17-33/h3-32H,1-2H3. The van der Waals surface area contributed by atoms with Gasteiger partial charge in [-0.2, -0.15) is 9.97 Å². The molecule has 278 valence electrons. The Bertz CT molecular complexity index is 3480. The molecule has 0 saturated carbocycles. The highest BCUT2D eigenvalue weighted by Gasteiger charge is 2.38. The van der Waals surface area contributed by atoms with Crippen molar-refractivity contribution in [3.8, 4) is 62.1 Å². The third-order valence-corrected chi connectivity index (χ3v) is 12.3. The van der Waals surface area contributed by atoms with Crippen molar-refractivity contribution in [2.45, 2.75) is 19.3 Å². The lowest BCUT2D eigenvalue weighted by molar-refractivity contribution is 0.663. The molecule has 0 spiro atoms. The molecule has 0 radical (unpaired) electrons. The van der Waals surface area contributed by atoms with Crippen molar-refractivity contribution in [1.82, 2.24) is 19.5 Å². The van der Waals surface area contributed by atoms with Crippen LogP contribution in [-0.4, -0.2) is 19.5 Å². The maximum atomic E-state index is 6.39. The Balaban J connectivity index is 1.16. The van der Waals surface area contributed by atoms with Crippen LogP contribution in [-0.2, 0) is 5.41 Å². The second-order valence-corrected chi connectivity index (χ2v) is 16.0. The molecule has 11 aromatic rings. The lowest BCUT2D eigenvalue weighted by Crippen LogP contribution is -2.17. The summed E-state index contributed by atoms with van der Waals surface area (Å²) in [5.74, 6) is 1.74. The number of hydrogen-bond donors (Lipinski definition) is 0. The highest BCUT2D eigenvalue weighted by molar-refractivity contribution is 6.14. The second kappa shape index (κ2) is 12.7. The first-order valence-corrected chi connectivity index (χ1v) is 20.1. The van der Waals surface area contributed by atoms with Gasteiger partial charge in [0.2, 0.25) is 5.95 Å². The smallest absolute Gasteiger partial charge is 0.238 e. The molecular formula is C54H36N4O. The van der Waals surface area contributed by atoms with Crippen LogP contribution in [0.25, 0.3) is 106 Å². The number of benzene rings is 8. The molecule has 0 amide bonds. The van der Waals surface area contributed by atoms with Gasteiger partial charge in [0.1, 0.15) is 11.2 Å². The Morgan fingerprint density at radius 2 is 1.07 bits per heavy atom. The van der Waals surface area contributed by atoms with Crippen molar-refractivity contribution in [3.05, 3.63) is 193 Å². The van der Waals surface area contributed by atoms with E-state index in [-0.39, 0.29) is 5.41 Å². The fourth-order valence-electron chi connectivity index (χ4n) is 9.63. The summed E-state index contributed by atoms with van der Waals surface area (Å²) in [7, 11) is 0. The van der Waals surface area contributed by atoms with E-state index >= 15 is 0 Å². The van der Waals surface area contributed by atoms with Crippen LogP contribution in [0.5, 0.6) is 0 Å². The molecule has 0 N–H and O–H groups in total. The lowest BCUT2D eigenvalue weighted by atomic mass is 9.81. The Hall–Kier alpha value is -7.63. The molecule has 5 heteroatoms. The topological polar surface area (TPSA) is 56.7 Å². The summed E-state index contributed by atoms with van der Waals surface area (Å²) in [6.07, 6.45) is 0. The van der Waals surface area contributed by atoms with Gasteiger partial charge in [-0.1, -0.05) is 172 Å². The normalized spacial score (nSPS) is 13.1. The highest BCUT2D eigenvalue weighted by Crippen LogP contribution is 2.53. The van der Waals surface area contributed by atoms with Gasteiger partial charge in [-0.3, -0.25) is 4.57 Å². The minimum atomic E-state index is -0.266. The highest BCUT2D eigenvalue weighted by atomic mass is 16.3. The molecule has 1 aliphatic carbocycles. The maximum Gasteiger partial charge on any atom is 0.238 e. The summed E-state index contributed by atoms with van der Waals surface area (Å²) in [5, 5.41) is 4.33. The average molecular weight is 757 g/mol. The largest absolute Gasteiger partial charge is 0.456 e. The number of para-hydroxylation sites is 2. The summed E-state index contributed by atoms with van der Waals surface area (Å²) in [4.78, 5) is 16.3. The number of fused-ring (bicyclic) bond motifs is 10. The minimum absolute atomic E-state index is 0.266. The number of aromatic nitrogens is 4. The first-order chi connectivity index (χ1) is 29.0. The molecule has 12 rings (SSSR count). The van der Waals surface area contributed by atoms with Gasteiger partial charge in [-0.25, -0.2) is 4.98 Å². The van der Waals surface area contributed by atoms with E-state index in [4.69, 9.17) is 19.4 Å². The molecular weight excluding hydrogens is 721 g/mol. The van der Waals surface area contributed by atoms with Gasteiger partial charge < -0.3 is 4.42 Å². The first-order valence-electron chi connectivity index (χ1n) is 20.1. The fraction of sp³-hybridized carbons (Fsp3) is 0.0556. The molecule has 0 unspecified atom stereocenters. The van der Waals surface area contributed by atoms with Crippen LogP contribution in [0.3, 0.4) is 0 Å². The van der Waals surface area contributed by atoms with E-state index in [1.54, 1.807) is 0 Å². The van der Waals surface area contributed by atoms with E-state index in [1.807, 2.05) is 24.3 Å². The van der Waals surface area contributed by atoms with Gasteiger partial charge in [-0.15, -0.1) is 0 Å². The minimum Gasteiger partial charge on any atom is -0.456 e. The van der Waals surface area contributed by atoms with Gasteiger partial charge in [-0.05, 0) is 68.8 Å². The van der Waals surface area contributed by atoms with Crippen molar-refractivity contribution in [2.24, 2.45) is 0 Å². The van der Waals surface area contributed by atoms with Crippen LogP contribution in [0.4, 0.5) is 0 Å². The van der Waals surface area contributed by atoms with Gasteiger partial charge in [0.25, 0.3) is 0 Å². The first kappa shape index (κ1) is 33.5. The van der Waals surface area contributed by atoms with E-state index in [0.29, 0.717) is 17.6 Å². The fourth-order valence-corrected chi connectivity index (χ4v) is 9.63. The van der Waals surface area contributed by atoms with E-state index in [1.165, 1.54) is 38.8 Å². The zero-order valence-electron chi connectivity index (χ0n) is 32.5. The van der Waals surface area contributed by atoms with Crippen molar-refractivity contribution in [3.63, 3.8) is 0 Å². The predicted molar refractivity (Wildman–Crippen MR) is 241 cm³/mol. The van der Waals surface area contributed by atoms with Crippen molar-refractivity contribution >= 4 is 43.7 Å². The predicted octanol–water partition coefficient (Wildman–Crippen LogP) is 13.8. The number of nitrogens with zero attached hydrogens (tertiary/aromatic N) is 4. The maximum absolute atomic E-state index is 6.39. The zero-order valence-corrected chi connectivity index (χ0v) is 32.5. The Labute approximate surface area is 340 Å². The van der Waals surface area contributed by atoms with Crippen molar-refractivity contribution in [2.75, 3.05) is 0 Å². The van der Waals surface area contributed by atoms with Crippen molar-refractivity contribution in [1.29, 1.82) is 0 Å². The number of hydrogen-bond acceptors (Lipinski definition) is 4. The van der Waals surface area contributed by atoms with Gasteiger partial charge in [0, 0.05) is 38.1 Å². The molecule has 3 aromatic heterocycles. The van der Waals surface area contributed by atoms with Gasteiger partial charge in [0.05, 0.1) is 11.0 Å². The van der Waals surface area contributed by atoms with E-state index in [2.05, 4.69) is 176 Å². The van der Waals surface area contributed by atoms with Crippen LogP contribution < -0.4 is 0 Å². The monoisotopic (exact) mass is 756 g/mol. The molecule has 0 aliphatic heterocycles. The molecule has 0 fully saturated rings. The molecule has 0 saturated heterocycles. The van der Waals surface area contributed by atoms with Crippen LogP contribution >= 0.6 is 0 Å². The average Bonchev–Trinajstić information content (AvgIpc) is 3.92. The number of furan rings is 1. The Morgan fingerprint density at radius 1 is 0.441 bits per heavy atom. The molecule has 3 heterocycles. The van der Waals surface area contributed by atoms with Crippen LogP contribution in [0, 0.1) is 0 Å². The molecule has 59 heavy (non-hydrogen) atoms. The SMILES string of the molecule is CC1(C)c2ccccc2-c2ccc3c4ccccc4n(-c4nc(-c5cccc(-c6ccccc6-c6ccccc6)c5)nc(-c5cccc6oc7ccccc7c56)n4)c3c21. The van der Waals surface area contributed by atoms with Crippen molar-refractivity contribution < 1.29 is 4.42 Å². The molecule has 0 bridgehead atoms. The summed E-state index contributed by atoms with van der Waals surface area (Å²) in [6.45, 7) is 4.68. The molecule has 8 aromatic carbocycles. The molecule has 5 nitrogen and oxygen atoms in total. The van der Waals surface area contributed by atoms with E-state index < -0.39 is 0 Å². The van der Waals surface area contributed by atoms with Crippen LogP contribution in [0.15, 0.2) is 186 Å². The summed E-state index contributed by atoms with van der Waals surface area (Å²) in [5.41, 5.74) is 15.0. The molecule has 0 atom stereocenters. The zero-order chi connectivity index (χ0) is 39.2. The van der Waals surface area contributed by atoms with E-state index in [0.717, 1.165) is 60.6 Å². The second-order valence-electron chi connectivity index (χ2n) is 16.0. The number of rotatable bonds is 5. The summed E-state index contributed by atoms with van der Waals surface area (Å²) >= 11 is 0. The van der Waals surface area contributed by atoms with Crippen LogP contribution in [0.2, 0.25) is 0 Å². The third kappa shape index (κ3) is 5.01. The third-order valence-electron chi connectivity index (χ3n) is 12.3. The lowest BCUT2D eigenvalue weighted by Gasteiger charge is -2.23. The summed E-state index contributed by atoms with van der Waals surface area (Å²) < 4.78 is 8.67. The van der Waals surface area contributed by atoms with Crippen LogP contribution in [0.1, 0.15) is 25.0 Å². The molecule has 1 aliphatic rings. The Kier molecular flexibility index (Phi) is 7.20. The van der Waals surface area contributed by atoms with Gasteiger partial charge >= 0.3 is 0 Å².